The van der Waals surface area contributed by atoms with Crippen molar-refractivity contribution in [2.75, 3.05) is 10.2 Å². The molecule has 130 valence electrons. The fraction of sp³-hybridized carbons (Fsp3) is 0.409. The average Bonchev–Trinajstić information content (AvgIpc) is 3.42. The Hall–Kier alpha value is -2.29. The first-order valence-corrected chi connectivity index (χ1v) is 9.30. The molecule has 1 saturated carbocycles. The van der Waals surface area contributed by atoms with Crippen LogP contribution in [0.25, 0.3) is 0 Å². The maximum Gasteiger partial charge on any atom is 0.230 e. The predicted octanol–water partition coefficient (Wildman–Crippen LogP) is 4.99. The number of carbonyl (C=O) groups is 1. The van der Waals surface area contributed by atoms with Gasteiger partial charge in [-0.3, -0.25) is 4.79 Å². The van der Waals surface area contributed by atoms with Crippen molar-refractivity contribution in [3.8, 4) is 0 Å². The van der Waals surface area contributed by atoms with Crippen LogP contribution in [0.5, 0.6) is 0 Å². The maximum atomic E-state index is 12.8. The molecule has 0 saturated heterocycles. The second kappa shape index (κ2) is 6.21. The van der Waals surface area contributed by atoms with E-state index in [1.54, 1.807) is 0 Å². The summed E-state index contributed by atoms with van der Waals surface area (Å²) in [5.74, 6) is 0.560. The fourth-order valence-corrected chi connectivity index (χ4v) is 3.83. The number of carbonyl (C=O) groups excluding carboxylic acids is 1. The summed E-state index contributed by atoms with van der Waals surface area (Å²) < 4.78 is 0. The molecule has 0 spiro atoms. The summed E-state index contributed by atoms with van der Waals surface area (Å²) in [5, 5.41) is 3.69. The van der Waals surface area contributed by atoms with E-state index in [0.717, 1.165) is 30.6 Å². The molecular formula is C22H26N2O. The van der Waals surface area contributed by atoms with E-state index >= 15 is 0 Å². The van der Waals surface area contributed by atoms with E-state index in [1.165, 1.54) is 16.7 Å². The second-order valence-corrected chi connectivity index (χ2v) is 7.69. The zero-order valence-corrected chi connectivity index (χ0v) is 15.3. The summed E-state index contributed by atoms with van der Waals surface area (Å²) in [6.45, 7) is 6.40. The minimum Gasteiger partial charge on any atom is -0.378 e. The van der Waals surface area contributed by atoms with Gasteiger partial charge < -0.3 is 10.2 Å². The van der Waals surface area contributed by atoms with Gasteiger partial charge in [0.25, 0.3) is 0 Å². The van der Waals surface area contributed by atoms with Crippen LogP contribution < -0.4 is 10.2 Å². The molecule has 1 heterocycles. The molecule has 1 fully saturated rings. The molecule has 25 heavy (non-hydrogen) atoms. The highest BCUT2D eigenvalue weighted by molar-refractivity contribution is 5.98. The third-order valence-electron chi connectivity index (χ3n) is 5.39. The first-order valence-electron chi connectivity index (χ1n) is 9.30. The summed E-state index contributed by atoms with van der Waals surface area (Å²) in [6, 6.07) is 15.5. The number of nitrogens with zero attached hydrogens (tertiary/aromatic N) is 1. The Morgan fingerprint density at radius 2 is 1.72 bits per heavy atom. The standard InChI is InChI=1S/C22H26N2O/c1-14-4-9-18(10-5-14)23-20-13-16(3)24(22(25)17-7-8-17)21-11-6-15(2)12-19(20)21/h4-6,9-12,16-17,20,23H,7-8,13H2,1-3H3/t16-,20-/m1/s1. The van der Waals surface area contributed by atoms with Crippen LogP contribution in [0.15, 0.2) is 42.5 Å². The van der Waals surface area contributed by atoms with E-state index in [9.17, 15) is 4.79 Å². The van der Waals surface area contributed by atoms with Crippen molar-refractivity contribution >= 4 is 17.3 Å². The molecule has 3 nitrogen and oxygen atoms in total. The Balaban J connectivity index is 1.69. The van der Waals surface area contributed by atoms with Crippen molar-refractivity contribution < 1.29 is 4.79 Å². The minimum absolute atomic E-state index is 0.214. The number of benzene rings is 2. The van der Waals surface area contributed by atoms with Crippen molar-refractivity contribution in [2.24, 2.45) is 5.92 Å². The molecule has 0 aromatic heterocycles. The van der Waals surface area contributed by atoms with Gasteiger partial charge >= 0.3 is 0 Å². The highest BCUT2D eigenvalue weighted by Gasteiger charge is 2.40. The van der Waals surface area contributed by atoms with Crippen LogP contribution >= 0.6 is 0 Å². The van der Waals surface area contributed by atoms with Crippen molar-refractivity contribution in [1.82, 2.24) is 0 Å². The number of nitrogens with one attached hydrogen (secondary N) is 1. The number of fused-ring (bicyclic) bond motifs is 1. The van der Waals surface area contributed by atoms with Gasteiger partial charge in [0.2, 0.25) is 5.91 Å². The molecule has 1 aliphatic heterocycles. The molecule has 2 aromatic carbocycles. The Morgan fingerprint density at radius 1 is 1.04 bits per heavy atom. The summed E-state index contributed by atoms with van der Waals surface area (Å²) >= 11 is 0. The lowest BCUT2D eigenvalue weighted by Gasteiger charge is -2.40. The molecule has 0 bridgehead atoms. The third kappa shape index (κ3) is 3.15. The molecule has 1 aliphatic carbocycles. The van der Waals surface area contributed by atoms with Gasteiger partial charge in [0.1, 0.15) is 0 Å². The molecule has 1 N–H and O–H groups in total. The molecule has 0 unspecified atom stereocenters. The van der Waals surface area contributed by atoms with E-state index in [1.807, 2.05) is 0 Å². The Kier molecular flexibility index (Phi) is 4.03. The van der Waals surface area contributed by atoms with Crippen molar-refractivity contribution in [1.29, 1.82) is 0 Å². The summed E-state index contributed by atoms with van der Waals surface area (Å²) in [7, 11) is 0. The molecule has 1 amide bonds. The van der Waals surface area contributed by atoms with Gasteiger partial charge in [-0.2, -0.15) is 0 Å². The monoisotopic (exact) mass is 334 g/mol. The number of amides is 1. The number of rotatable bonds is 3. The van der Waals surface area contributed by atoms with Gasteiger partial charge in [-0.15, -0.1) is 0 Å². The van der Waals surface area contributed by atoms with Crippen LogP contribution in [0.1, 0.15) is 48.9 Å². The van der Waals surface area contributed by atoms with E-state index in [2.05, 4.69) is 73.5 Å². The normalized spacial score (nSPS) is 22.4. The molecule has 2 atom stereocenters. The number of anilines is 2. The van der Waals surface area contributed by atoms with Crippen LogP contribution in [0.4, 0.5) is 11.4 Å². The lowest BCUT2D eigenvalue weighted by Crippen LogP contribution is -2.45. The van der Waals surface area contributed by atoms with Crippen LogP contribution in [0, 0.1) is 19.8 Å². The van der Waals surface area contributed by atoms with E-state index in [4.69, 9.17) is 0 Å². The zero-order chi connectivity index (χ0) is 17.6. The highest BCUT2D eigenvalue weighted by atomic mass is 16.2. The average molecular weight is 334 g/mol. The summed E-state index contributed by atoms with van der Waals surface area (Å²) in [5.41, 5.74) is 5.97. The number of aryl methyl sites for hydroxylation is 2. The lowest BCUT2D eigenvalue weighted by atomic mass is 9.90. The van der Waals surface area contributed by atoms with Crippen LogP contribution in [-0.2, 0) is 4.79 Å². The van der Waals surface area contributed by atoms with Crippen LogP contribution in [-0.4, -0.2) is 11.9 Å². The van der Waals surface area contributed by atoms with E-state index < -0.39 is 0 Å². The number of hydrogen-bond donors (Lipinski definition) is 1. The van der Waals surface area contributed by atoms with E-state index in [0.29, 0.717) is 5.91 Å². The minimum atomic E-state index is 0.214. The van der Waals surface area contributed by atoms with Crippen LogP contribution in [0.2, 0.25) is 0 Å². The molecule has 0 radical (unpaired) electrons. The zero-order valence-electron chi connectivity index (χ0n) is 15.3. The van der Waals surface area contributed by atoms with E-state index in [-0.39, 0.29) is 18.0 Å². The molecule has 4 rings (SSSR count). The molecule has 3 heteroatoms. The second-order valence-electron chi connectivity index (χ2n) is 7.69. The molecule has 2 aromatic rings. The van der Waals surface area contributed by atoms with Crippen molar-refractivity contribution in [3.63, 3.8) is 0 Å². The third-order valence-corrected chi connectivity index (χ3v) is 5.39. The van der Waals surface area contributed by atoms with Gasteiger partial charge in [0.15, 0.2) is 0 Å². The Labute approximate surface area is 150 Å². The lowest BCUT2D eigenvalue weighted by molar-refractivity contribution is -0.120. The Morgan fingerprint density at radius 3 is 2.40 bits per heavy atom. The molecular weight excluding hydrogens is 308 g/mol. The van der Waals surface area contributed by atoms with Gasteiger partial charge in [-0.25, -0.2) is 0 Å². The summed E-state index contributed by atoms with van der Waals surface area (Å²) in [4.78, 5) is 14.9. The van der Waals surface area contributed by atoms with Gasteiger partial charge in [-0.05, 0) is 63.8 Å². The Bertz CT molecular complexity index is 792. The van der Waals surface area contributed by atoms with Crippen molar-refractivity contribution in [2.45, 2.75) is 52.1 Å². The fourth-order valence-electron chi connectivity index (χ4n) is 3.83. The van der Waals surface area contributed by atoms with Crippen LogP contribution in [0.3, 0.4) is 0 Å². The quantitative estimate of drug-likeness (QED) is 0.857. The van der Waals surface area contributed by atoms with Gasteiger partial charge in [-0.1, -0.05) is 35.4 Å². The van der Waals surface area contributed by atoms with Gasteiger partial charge in [0, 0.05) is 23.3 Å². The SMILES string of the molecule is Cc1ccc(N[C@@H]2C[C@@H](C)N(C(=O)C3CC3)c3ccc(C)cc32)cc1. The predicted molar refractivity (Wildman–Crippen MR) is 103 cm³/mol. The summed E-state index contributed by atoms with van der Waals surface area (Å²) in [6.07, 6.45) is 3.03. The number of hydrogen-bond acceptors (Lipinski definition) is 2. The topological polar surface area (TPSA) is 32.3 Å². The first kappa shape index (κ1) is 16.2. The molecule has 2 aliphatic rings. The maximum absolute atomic E-state index is 12.8. The largest absolute Gasteiger partial charge is 0.378 e. The van der Waals surface area contributed by atoms with Gasteiger partial charge in [0.05, 0.1) is 6.04 Å². The highest BCUT2D eigenvalue weighted by Crippen LogP contribution is 2.42. The first-order chi connectivity index (χ1) is 12.0. The van der Waals surface area contributed by atoms with Crippen molar-refractivity contribution in [3.05, 3.63) is 59.2 Å². The smallest absolute Gasteiger partial charge is 0.230 e.